The quantitative estimate of drug-likeness (QED) is 0.669. The van der Waals surface area contributed by atoms with E-state index in [0.29, 0.717) is 12.8 Å². The summed E-state index contributed by atoms with van der Waals surface area (Å²) in [5.74, 6) is 0.843. The molecule has 0 saturated carbocycles. The van der Waals surface area contributed by atoms with Crippen LogP contribution in [0.3, 0.4) is 0 Å². The smallest absolute Gasteiger partial charge is 0.110 e. The maximum absolute atomic E-state index is 9.00. The minimum absolute atomic E-state index is 0.00663. The molecule has 3 nitrogen and oxygen atoms in total. The van der Waals surface area contributed by atoms with Crippen molar-refractivity contribution in [3.63, 3.8) is 0 Å². The van der Waals surface area contributed by atoms with Gasteiger partial charge in [-0.25, -0.2) is 4.98 Å². The Morgan fingerprint density at radius 3 is 2.54 bits per heavy atom. The van der Waals surface area contributed by atoms with Gasteiger partial charge in [0, 0.05) is 12.8 Å². The molecular weight excluding hydrogens is 164 g/mol. The van der Waals surface area contributed by atoms with E-state index in [4.69, 9.17) is 5.11 Å². The molecular formula is C10H14N2O. The average molecular weight is 178 g/mol. The molecule has 0 aliphatic carbocycles. The number of rotatable bonds is 5. The Morgan fingerprint density at radius 1 is 1.31 bits per heavy atom. The number of aromatic amines is 1. The molecule has 13 heavy (non-hydrogen) atoms. The molecule has 1 rings (SSSR count). The zero-order valence-electron chi connectivity index (χ0n) is 7.58. The molecule has 70 valence electrons. The Labute approximate surface area is 77.8 Å². The Balaban J connectivity index is 2.89. The van der Waals surface area contributed by atoms with E-state index in [0.717, 1.165) is 17.2 Å². The van der Waals surface area contributed by atoms with Crippen LogP contribution in [0.1, 0.15) is 17.2 Å². The van der Waals surface area contributed by atoms with E-state index < -0.39 is 0 Å². The molecule has 0 aromatic carbocycles. The first kappa shape index (κ1) is 9.74. The fourth-order valence-corrected chi connectivity index (χ4v) is 1.17. The summed E-state index contributed by atoms with van der Waals surface area (Å²) < 4.78 is 0. The summed E-state index contributed by atoms with van der Waals surface area (Å²) in [6, 6.07) is 0. The number of aromatic nitrogens is 2. The first-order chi connectivity index (χ1) is 6.31. The van der Waals surface area contributed by atoms with Gasteiger partial charge in [-0.15, -0.1) is 13.2 Å². The van der Waals surface area contributed by atoms with Gasteiger partial charge in [-0.1, -0.05) is 12.2 Å². The second-order valence-corrected chi connectivity index (χ2v) is 2.75. The van der Waals surface area contributed by atoms with Crippen LogP contribution in [-0.4, -0.2) is 15.1 Å². The third-order valence-electron chi connectivity index (χ3n) is 1.75. The van der Waals surface area contributed by atoms with Gasteiger partial charge in [0.05, 0.1) is 18.0 Å². The minimum atomic E-state index is -0.00663. The number of hydrogen-bond donors (Lipinski definition) is 2. The van der Waals surface area contributed by atoms with Crippen LogP contribution < -0.4 is 0 Å². The molecule has 0 atom stereocenters. The normalized spacial score (nSPS) is 9.92. The van der Waals surface area contributed by atoms with E-state index in [1.807, 2.05) is 0 Å². The van der Waals surface area contributed by atoms with E-state index in [9.17, 15) is 0 Å². The highest BCUT2D eigenvalue weighted by molar-refractivity contribution is 5.17. The summed E-state index contributed by atoms with van der Waals surface area (Å²) >= 11 is 0. The number of H-pyrrole nitrogens is 1. The van der Waals surface area contributed by atoms with Gasteiger partial charge in [-0.05, 0) is 0 Å². The van der Waals surface area contributed by atoms with Gasteiger partial charge < -0.3 is 10.1 Å². The standard InChI is InChI=1S/C10H14N2O/c1-3-5-8-9(7-13)12-10(11-8)6-4-2/h3-4,13H,1-2,5-7H2,(H,11,12). The summed E-state index contributed by atoms with van der Waals surface area (Å²) in [6.07, 6.45) is 4.93. The molecule has 0 radical (unpaired) electrons. The van der Waals surface area contributed by atoms with Crippen molar-refractivity contribution in [1.29, 1.82) is 0 Å². The van der Waals surface area contributed by atoms with E-state index >= 15 is 0 Å². The molecule has 0 aliphatic heterocycles. The summed E-state index contributed by atoms with van der Waals surface area (Å²) in [6.45, 7) is 7.25. The van der Waals surface area contributed by atoms with Crippen molar-refractivity contribution in [1.82, 2.24) is 9.97 Å². The largest absolute Gasteiger partial charge is 0.390 e. The predicted octanol–water partition coefficient (Wildman–Crippen LogP) is 1.36. The van der Waals surface area contributed by atoms with Gasteiger partial charge in [0.1, 0.15) is 5.82 Å². The lowest BCUT2D eigenvalue weighted by atomic mass is 10.2. The van der Waals surface area contributed by atoms with Crippen molar-refractivity contribution in [3.8, 4) is 0 Å². The highest BCUT2D eigenvalue weighted by Crippen LogP contribution is 2.08. The van der Waals surface area contributed by atoms with Crippen LogP contribution in [0.4, 0.5) is 0 Å². The summed E-state index contributed by atoms with van der Waals surface area (Å²) in [5.41, 5.74) is 1.64. The Bertz CT molecular complexity index is 302. The van der Waals surface area contributed by atoms with Gasteiger partial charge in [0.25, 0.3) is 0 Å². The van der Waals surface area contributed by atoms with Crippen LogP contribution in [-0.2, 0) is 19.4 Å². The third-order valence-corrected chi connectivity index (χ3v) is 1.75. The van der Waals surface area contributed by atoms with E-state index in [1.165, 1.54) is 0 Å². The Kier molecular flexibility index (Phi) is 3.46. The number of nitrogens with one attached hydrogen (secondary N) is 1. The lowest BCUT2D eigenvalue weighted by molar-refractivity contribution is 0.276. The molecule has 0 amide bonds. The number of nitrogens with zero attached hydrogens (tertiary/aromatic N) is 1. The number of allylic oxidation sites excluding steroid dienone is 2. The van der Waals surface area contributed by atoms with Gasteiger partial charge in [-0.2, -0.15) is 0 Å². The minimum Gasteiger partial charge on any atom is -0.390 e. The average Bonchev–Trinajstić information content (AvgIpc) is 2.49. The molecule has 1 aromatic rings. The van der Waals surface area contributed by atoms with Crippen molar-refractivity contribution < 1.29 is 5.11 Å². The second-order valence-electron chi connectivity index (χ2n) is 2.75. The summed E-state index contributed by atoms with van der Waals surface area (Å²) in [5, 5.41) is 9.00. The van der Waals surface area contributed by atoms with Gasteiger partial charge in [-0.3, -0.25) is 0 Å². The van der Waals surface area contributed by atoms with Gasteiger partial charge >= 0.3 is 0 Å². The number of imidazole rings is 1. The third kappa shape index (κ3) is 2.29. The molecule has 1 heterocycles. The first-order valence-electron chi connectivity index (χ1n) is 4.21. The van der Waals surface area contributed by atoms with Gasteiger partial charge in [0.2, 0.25) is 0 Å². The van der Waals surface area contributed by atoms with Crippen molar-refractivity contribution in [3.05, 3.63) is 42.5 Å². The number of hydrogen-bond acceptors (Lipinski definition) is 2. The van der Waals surface area contributed by atoms with Crippen LogP contribution in [0.5, 0.6) is 0 Å². The molecule has 1 aromatic heterocycles. The fourth-order valence-electron chi connectivity index (χ4n) is 1.17. The van der Waals surface area contributed by atoms with Crippen molar-refractivity contribution in [2.45, 2.75) is 19.4 Å². The summed E-state index contributed by atoms with van der Waals surface area (Å²) in [7, 11) is 0. The Morgan fingerprint density at radius 2 is 2.00 bits per heavy atom. The SMILES string of the molecule is C=CCc1nc(CC=C)c(CO)[nH]1. The zero-order chi connectivity index (χ0) is 9.68. The van der Waals surface area contributed by atoms with Crippen LogP contribution in [0, 0.1) is 0 Å². The number of aliphatic hydroxyl groups excluding tert-OH is 1. The number of aliphatic hydroxyl groups is 1. The first-order valence-corrected chi connectivity index (χ1v) is 4.21. The molecule has 0 saturated heterocycles. The lowest BCUT2D eigenvalue weighted by Crippen LogP contribution is -1.90. The van der Waals surface area contributed by atoms with Crippen LogP contribution in [0.15, 0.2) is 25.3 Å². The van der Waals surface area contributed by atoms with Crippen molar-refractivity contribution in [2.24, 2.45) is 0 Å². The summed E-state index contributed by atoms with van der Waals surface area (Å²) in [4.78, 5) is 7.34. The molecule has 3 heteroatoms. The molecule has 0 bridgehead atoms. The van der Waals surface area contributed by atoms with Crippen LogP contribution in [0.2, 0.25) is 0 Å². The fraction of sp³-hybridized carbons (Fsp3) is 0.300. The lowest BCUT2D eigenvalue weighted by Gasteiger charge is -1.92. The topological polar surface area (TPSA) is 48.9 Å². The maximum atomic E-state index is 9.00. The van der Waals surface area contributed by atoms with E-state index in [-0.39, 0.29) is 6.61 Å². The van der Waals surface area contributed by atoms with Gasteiger partial charge in [0.15, 0.2) is 0 Å². The molecule has 0 spiro atoms. The van der Waals surface area contributed by atoms with E-state index in [1.54, 1.807) is 12.2 Å². The van der Waals surface area contributed by atoms with E-state index in [2.05, 4.69) is 23.1 Å². The molecule has 0 fully saturated rings. The maximum Gasteiger partial charge on any atom is 0.110 e. The monoisotopic (exact) mass is 178 g/mol. The highest BCUT2D eigenvalue weighted by Gasteiger charge is 2.06. The van der Waals surface area contributed by atoms with Crippen molar-refractivity contribution in [2.75, 3.05) is 0 Å². The molecule has 2 N–H and O–H groups in total. The molecule has 0 aliphatic rings. The van der Waals surface area contributed by atoms with Crippen LogP contribution in [0.25, 0.3) is 0 Å². The highest BCUT2D eigenvalue weighted by atomic mass is 16.3. The second kappa shape index (κ2) is 4.62. The zero-order valence-corrected chi connectivity index (χ0v) is 7.58. The van der Waals surface area contributed by atoms with Crippen LogP contribution >= 0.6 is 0 Å². The van der Waals surface area contributed by atoms with Crippen molar-refractivity contribution >= 4 is 0 Å². The predicted molar refractivity (Wildman–Crippen MR) is 52.3 cm³/mol. The molecule has 0 unspecified atom stereocenters. The Hall–Kier alpha value is -1.35.